The lowest BCUT2D eigenvalue weighted by atomic mass is 10.1. The van der Waals surface area contributed by atoms with Crippen LogP contribution < -0.4 is 0 Å². The SMILES string of the molecule is O=C(O)CCC(=O)c1csc(-c2c[nH]c3ccccc23)c1. The molecule has 0 spiro atoms. The van der Waals surface area contributed by atoms with E-state index < -0.39 is 5.97 Å². The average molecular weight is 299 g/mol. The molecule has 5 heteroatoms. The third-order valence-electron chi connectivity index (χ3n) is 3.34. The van der Waals surface area contributed by atoms with Crippen molar-refractivity contribution >= 4 is 34.0 Å². The molecule has 0 fully saturated rings. The maximum atomic E-state index is 11.9. The second kappa shape index (κ2) is 5.54. The van der Waals surface area contributed by atoms with Crippen molar-refractivity contribution in [1.29, 1.82) is 0 Å². The summed E-state index contributed by atoms with van der Waals surface area (Å²) in [5.74, 6) is -1.07. The van der Waals surface area contributed by atoms with Gasteiger partial charge in [-0.1, -0.05) is 18.2 Å². The molecule has 0 saturated carbocycles. The van der Waals surface area contributed by atoms with Gasteiger partial charge in [-0.25, -0.2) is 0 Å². The second-order valence-electron chi connectivity index (χ2n) is 4.76. The van der Waals surface area contributed by atoms with Crippen LogP contribution in [0.1, 0.15) is 23.2 Å². The molecule has 106 valence electrons. The van der Waals surface area contributed by atoms with Gasteiger partial charge in [-0.2, -0.15) is 0 Å². The van der Waals surface area contributed by atoms with Crippen molar-refractivity contribution in [2.75, 3.05) is 0 Å². The van der Waals surface area contributed by atoms with E-state index in [9.17, 15) is 9.59 Å². The predicted molar refractivity (Wildman–Crippen MR) is 82.8 cm³/mol. The largest absolute Gasteiger partial charge is 0.481 e. The molecule has 3 rings (SSSR count). The first-order chi connectivity index (χ1) is 10.1. The van der Waals surface area contributed by atoms with Crippen LogP contribution >= 0.6 is 11.3 Å². The summed E-state index contributed by atoms with van der Waals surface area (Å²) < 4.78 is 0. The minimum Gasteiger partial charge on any atom is -0.481 e. The number of nitrogens with one attached hydrogen (secondary N) is 1. The van der Waals surface area contributed by atoms with Gasteiger partial charge in [0.25, 0.3) is 0 Å². The highest BCUT2D eigenvalue weighted by molar-refractivity contribution is 7.14. The van der Waals surface area contributed by atoms with E-state index in [-0.39, 0.29) is 18.6 Å². The number of fused-ring (bicyclic) bond motifs is 1. The van der Waals surface area contributed by atoms with Crippen molar-refractivity contribution in [3.8, 4) is 10.4 Å². The number of Topliss-reactive ketones (excluding diaryl/α,β-unsaturated/α-hetero) is 1. The summed E-state index contributed by atoms with van der Waals surface area (Å²) in [4.78, 5) is 26.7. The highest BCUT2D eigenvalue weighted by Crippen LogP contribution is 2.33. The molecule has 1 aromatic carbocycles. The standard InChI is InChI=1S/C16H13NO3S/c18-14(5-6-16(19)20)10-7-15(21-9-10)12-8-17-13-4-2-1-3-11(12)13/h1-4,7-9,17H,5-6H2,(H,19,20). The fourth-order valence-electron chi connectivity index (χ4n) is 2.26. The zero-order valence-electron chi connectivity index (χ0n) is 11.1. The third kappa shape index (κ3) is 2.73. The predicted octanol–water partition coefficient (Wildman–Crippen LogP) is 3.94. The molecule has 2 heterocycles. The van der Waals surface area contributed by atoms with Gasteiger partial charge in [0.1, 0.15) is 0 Å². The number of hydrogen-bond donors (Lipinski definition) is 2. The molecule has 21 heavy (non-hydrogen) atoms. The van der Waals surface area contributed by atoms with Gasteiger partial charge in [-0.05, 0) is 12.1 Å². The van der Waals surface area contributed by atoms with Crippen molar-refractivity contribution in [2.24, 2.45) is 0 Å². The maximum Gasteiger partial charge on any atom is 0.303 e. The topological polar surface area (TPSA) is 70.2 Å². The molecule has 2 aromatic heterocycles. The number of H-pyrrole nitrogens is 1. The molecule has 0 amide bonds. The minimum absolute atomic E-state index is 0.0411. The fourth-order valence-corrected chi connectivity index (χ4v) is 3.21. The summed E-state index contributed by atoms with van der Waals surface area (Å²) in [7, 11) is 0. The van der Waals surface area contributed by atoms with Gasteiger partial charge in [0.2, 0.25) is 0 Å². The number of aliphatic carboxylic acids is 1. The Morgan fingerprint density at radius 2 is 2.00 bits per heavy atom. The van der Waals surface area contributed by atoms with Crippen LogP contribution in [0.2, 0.25) is 0 Å². The van der Waals surface area contributed by atoms with Crippen LogP contribution in [0.4, 0.5) is 0 Å². The zero-order valence-corrected chi connectivity index (χ0v) is 11.9. The van der Waals surface area contributed by atoms with E-state index >= 15 is 0 Å². The maximum absolute atomic E-state index is 11.9. The Bertz CT molecular complexity index is 816. The number of aromatic nitrogens is 1. The minimum atomic E-state index is -0.949. The lowest BCUT2D eigenvalue weighted by Crippen LogP contribution is -2.02. The number of carboxylic acids is 1. The molecule has 0 atom stereocenters. The molecule has 0 aliphatic rings. The van der Waals surface area contributed by atoms with Crippen LogP contribution in [0.3, 0.4) is 0 Å². The molecule has 0 unspecified atom stereocenters. The second-order valence-corrected chi connectivity index (χ2v) is 5.68. The molecule has 4 nitrogen and oxygen atoms in total. The fraction of sp³-hybridized carbons (Fsp3) is 0.125. The Morgan fingerprint density at radius 1 is 1.19 bits per heavy atom. The van der Waals surface area contributed by atoms with Crippen molar-refractivity contribution in [2.45, 2.75) is 12.8 Å². The number of carboxylic acid groups (broad SMARTS) is 1. The quantitative estimate of drug-likeness (QED) is 0.701. The summed E-state index contributed by atoms with van der Waals surface area (Å²) in [5.41, 5.74) is 2.70. The molecule has 0 aliphatic heterocycles. The summed E-state index contributed by atoms with van der Waals surface area (Å²) in [6.07, 6.45) is 1.85. The third-order valence-corrected chi connectivity index (χ3v) is 4.31. The number of rotatable bonds is 5. The molecule has 0 saturated heterocycles. The van der Waals surface area contributed by atoms with Crippen LogP contribution in [0.15, 0.2) is 41.9 Å². The average Bonchev–Trinajstić information content (AvgIpc) is 3.10. The summed E-state index contributed by atoms with van der Waals surface area (Å²) in [5, 5.41) is 11.5. The van der Waals surface area contributed by atoms with Gasteiger partial charge in [0, 0.05) is 44.9 Å². The van der Waals surface area contributed by atoms with Crippen molar-refractivity contribution in [1.82, 2.24) is 4.98 Å². The molecule has 2 N–H and O–H groups in total. The van der Waals surface area contributed by atoms with E-state index in [0.29, 0.717) is 5.56 Å². The molecule has 0 aliphatic carbocycles. The Balaban J connectivity index is 1.88. The Labute approximate surface area is 125 Å². The number of hydrogen-bond acceptors (Lipinski definition) is 3. The van der Waals surface area contributed by atoms with Crippen molar-refractivity contribution in [3.63, 3.8) is 0 Å². The number of carbonyl (C=O) groups excluding carboxylic acids is 1. The van der Waals surface area contributed by atoms with Crippen LogP contribution in [0.25, 0.3) is 21.3 Å². The van der Waals surface area contributed by atoms with Crippen LogP contribution in [0, 0.1) is 0 Å². The summed E-state index contributed by atoms with van der Waals surface area (Å²) in [6.45, 7) is 0. The first kappa shape index (κ1) is 13.6. The normalized spacial score (nSPS) is 10.9. The van der Waals surface area contributed by atoms with Gasteiger partial charge < -0.3 is 10.1 Å². The van der Waals surface area contributed by atoms with Gasteiger partial charge >= 0.3 is 5.97 Å². The highest BCUT2D eigenvalue weighted by atomic mass is 32.1. The van der Waals surface area contributed by atoms with Gasteiger partial charge in [0.05, 0.1) is 6.42 Å². The van der Waals surface area contributed by atoms with Crippen molar-refractivity contribution < 1.29 is 14.7 Å². The van der Waals surface area contributed by atoms with E-state index in [1.165, 1.54) is 11.3 Å². The number of para-hydroxylation sites is 1. The van der Waals surface area contributed by atoms with E-state index in [4.69, 9.17) is 5.11 Å². The number of thiophene rings is 1. The highest BCUT2D eigenvalue weighted by Gasteiger charge is 2.13. The van der Waals surface area contributed by atoms with Gasteiger partial charge in [-0.15, -0.1) is 11.3 Å². The molecule has 0 radical (unpaired) electrons. The van der Waals surface area contributed by atoms with Crippen LogP contribution in [-0.4, -0.2) is 21.8 Å². The first-order valence-electron chi connectivity index (χ1n) is 6.55. The number of aromatic amines is 1. The van der Waals surface area contributed by atoms with Crippen molar-refractivity contribution in [3.05, 3.63) is 47.5 Å². The number of benzene rings is 1. The monoisotopic (exact) mass is 299 g/mol. The Hall–Kier alpha value is -2.40. The summed E-state index contributed by atoms with van der Waals surface area (Å²) >= 11 is 1.50. The van der Waals surface area contributed by atoms with E-state index in [2.05, 4.69) is 4.98 Å². The van der Waals surface area contributed by atoms with Gasteiger partial charge in [0.15, 0.2) is 5.78 Å². The lowest BCUT2D eigenvalue weighted by molar-refractivity contribution is -0.136. The van der Waals surface area contributed by atoms with E-state index in [0.717, 1.165) is 21.3 Å². The molecule has 3 aromatic rings. The van der Waals surface area contributed by atoms with Crippen LogP contribution in [0.5, 0.6) is 0 Å². The van der Waals surface area contributed by atoms with Gasteiger partial charge in [-0.3, -0.25) is 9.59 Å². The molecular weight excluding hydrogens is 286 g/mol. The number of ketones is 1. The van der Waals surface area contributed by atoms with Crippen LogP contribution in [-0.2, 0) is 4.79 Å². The first-order valence-corrected chi connectivity index (χ1v) is 7.43. The molecular formula is C16H13NO3S. The molecule has 0 bridgehead atoms. The van der Waals surface area contributed by atoms with E-state index in [1.54, 1.807) is 5.38 Å². The number of carbonyl (C=O) groups is 2. The lowest BCUT2D eigenvalue weighted by Gasteiger charge is -1.95. The summed E-state index contributed by atoms with van der Waals surface area (Å²) in [6, 6.07) is 9.83. The Morgan fingerprint density at radius 3 is 2.81 bits per heavy atom. The zero-order chi connectivity index (χ0) is 14.8. The Kier molecular flexibility index (Phi) is 3.58. The van der Waals surface area contributed by atoms with E-state index in [1.807, 2.05) is 36.5 Å². The smallest absolute Gasteiger partial charge is 0.303 e.